The van der Waals surface area contributed by atoms with Crippen molar-refractivity contribution >= 4 is 32.4 Å². The van der Waals surface area contributed by atoms with Crippen LogP contribution in [0.1, 0.15) is 30.5 Å². The Kier molecular flexibility index (Phi) is 5.38. The summed E-state index contributed by atoms with van der Waals surface area (Å²) in [5.41, 5.74) is 3.03. The van der Waals surface area contributed by atoms with E-state index in [1.54, 1.807) is 30.3 Å². The average molecular weight is 398 g/mol. The van der Waals surface area contributed by atoms with Crippen molar-refractivity contribution in [2.75, 3.05) is 11.9 Å². The number of aryl methyl sites for hydroxylation is 2. The summed E-state index contributed by atoms with van der Waals surface area (Å²) < 4.78 is 26.6. The molecule has 1 heterocycles. The van der Waals surface area contributed by atoms with E-state index in [-0.39, 0.29) is 10.5 Å². The summed E-state index contributed by atoms with van der Waals surface area (Å²) in [5.74, 6) is -1.22. The van der Waals surface area contributed by atoms with Gasteiger partial charge >= 0.3 is 0 Å². The number of benzene rings is 2. The minimum absolute atomic E-state index is 0.0453. The van der Waals surface area contributed by atoms with Crippen molar-refractivity contribution in [3.8, 4) is 0 Å². The Morgan fingerprint density at radius 1 is 1.04 bits per heavy atom. The van der Waals surface area contributed by atoms with Crippen molar-refractivity contribution in [2.45, 2.75) is 27.2 Å². The van der Waals surface area contributed by atoms with Crippen LogP contribution in [-0.4, -0.2) is 31.1 Å². The van der Waals surface area contributed by atoms with Crippen LogP contribution >= 0.6 is 0 Å². The van der Waals surface area contributed by atoms with Gasteiger partial charge in [0.05, 0.1) is 0 Å². The van der Waals surface area contributed by atoms with Crippen molar-refractivity contribution in [1.82, 2.24) is 4.31 Å². The van der Waals surface area contributed by atoms with Crippen LogP contribution in [0.25, 0.3) is 4.91 Å². The lowest BCUT2D eigenvalue weighted by molar-refractivity contribution is -0.126. The lowest BCUT2D eigenvalue weighted by atomic mass is 10.1. The molecule has 2 aromatic carbocycles. The zero-order valence-electron chi connectivity index (χ0n) is 16.0. The van der Waals surface area contributed by atoms with Crippen LogP contribution < -0.4 is 5.32 Å². The van der Waals surface area contributed by atoms with Crippen LogP contribution in [0.3, 0.4) is 0 Å². The highest BCUT2D eigenvalue weighted by Gasteiger charge is 2.43. The predicted octanol–water partition coefficient (Wildman–Crippen LogP) is 3.10. The van der Waals surface area contributed by atoms with Gasteiger partial charge in [-0.2, -0.15) is 0 Å². The molecule has 0 bridgehead atoms. The van der Waals surface area contributed by atoms with Crippen LogP contribution in [-0.2, 0) is 26.0 Å². The van der Waals surface area contributed by atoms with Crippen molar-refractivity contribution < 1.29 is 18.0 Å². The molecule has 0 saturated heterocycles. The van der Waals surface area contributed by atoms with Crippen LogP contribution in [0.5, 0.6) is 0 Å². The number of sulfonamides is 1. The fourth-order valence-corrected chi connectivity index (χ4v) is 5.09. The number of carbonyl (C=O) groups excluding carboxylic acids is 2. The third-order valence-electron chi connectivity index (χ3n) is 4.76. The van der Waals surface area contributed by atoms with Gasteiger partial charge in [0.1, 0.15) is 11.4 Å². The van der Waals surface area contributed by atoms with Gasteiger partial charge in [0.25, 0.3) is 15.9 Å². The fourth-order valence-electron chi connectivity index (χ4n) is 3.32. The van der Waals surface area contributed by atoms with Gasteiger partial charge in [-0.15, -0.1) is 0 Å². The number of nitrogens with zero attached hydrogens (tertiary/aromatic N) is 1. The van der Waals surface area contributed by atoms with E-state index in [2.05, 4.69) is 5.32 Å². The molecule has 1 aliphatic heterocycles. The van der Waals surface area contributed by atoms with E-state index in [0.29, 0.717) is 15.6 Å². The number of rotatable bonds is 5. The fraction of sp³-hybridized carbons (Fsp3) is 0.238. The number of amides is 2. The first-order valence-electron chi connectivity index (χ1n) is 8.99. The van der Waals surface area contributed by atoms with Crippen molar-refractivity contribution in [1.29, 1.82) is 0 Å². The molecule has 1 aliphatic rings. The Morgan fingerprint density at radius 2 is 1.71 bits per heavy atom. The Balaban J connectivity index is 1.86. The zero-order chi connectivity index (χ0) is 20.5. The second-order valence-corrected chi connectivity index (χ2v) is 8.45. The van der Waals surface area contributed by atoms with Crippen LogP contribution in [0, 0.1) is 6.92 Å². The summed E-state index contributed by atoms with van der Waals surface area (Å²) in [7, 11) is -4.09. The number of anilines is 1. The van der Waals surface area contributed by atoms with Gasteiger partial charge in [-0.05, 0) is 37.0 Å². The third-order valence-corrected chi connectivity index (χ3v) is 6.70. The molecule has 3 rings (SSSR count). The first kappa shape index (κ1) is 19.8. The maximum absolute atomic E-state index is 13.0. The summed E-state index contributed by atoms with van der Waals surface area (Å²) >= 11 is 0. The normalized spacial score (nSPS) is 15.8. The second-order valence-electron chi connectivity index (χ2n) is 6.65. The van der Waals surface area contributed by atoms with Crippen molar-refractivity contribution in [2.24, 2.45) is 0 Å². The Labute approximate surface area is 164 Å². The standard InChI is InChI=1S/C21H22N2O4S/c1-4-16-12-8-9-14(2)19(16)22-18(24)13-23-21(25)15(3)20(28(23,26)27)17-10-6-5-7-11-17/h5-12H,4,13H2,1-3H3,(H,22,24). The molecule has 7 heteroatoms. The smallest absolute Gasteiger partial charge is 0.268 e. The van der Waals surface area contributed by atoms with E-state index in [1.807, 2.05) is 32.0 Å². The molecular weight excluding hydrogens is 376 g/mol. The molecule has 146 valence electrons. The molecular formula is C21H22N2O4S. The molecule has 0 aromatic heterocycles. The third kappa shape index (κ3) is 3.45. The summed E-state index contributed by atoms with van der Waals surface area (Å²) in [6, 6.07) is 14.1. The molecule has 0 spiro atoms. The number of hydrogen-bond donors (Lipinski definition) is 1. The molecule has 0 radical (unpaired) electrons. The lowest BCUT2D eigenvalue weighted by Crippen LogP contribution is -2.38. The van der Waals surface area contributed by atoms with Gasteiger partial charge in [0, 0.05) is 11.3 Å². The van der Waals surface area contributed by atoms with Gasteiger partial charge in [-0.25, -0.2) is 12.7 Å². The van der Waals surface area contributed by atoms with Crippen molar-refractivity contribution in [3.05, 3.63) is 70.8 Å². The first-order chi connectivity index (χ1) is 13.3. The van der Waals surface area contributed by atoms with Gasteiger partial charge in [-0.1, -0.05) is 55.5 Å². The number of carbonyl (C=O) groups is 2. The number of para-hydroxylation sites is 1. The Hall–Kier alpha value is -2.93. The van der Waals surface area contributed by atoms with E-state index < -0.39 is 28.4 Å². The highest BCUT2D eigenvalue weighted by atomic mass is 32.2. The summed E-state index contributed by atoms with van der Waals surface area (Å²) in [4.78, 5) is 25.1. The topological polar surface area (TPSA) is 83.6 Å². The van der Waals surface area contributed by atoms with E-state index in [1.165, 1.54) is 6.92 Å². The van der Waals surface area contributed by atoms with Crippen LogP contribution in [0.4, 0.5) is 5.69 Å². The maximum atomic E-state index is 13.0. The molecule has 1 N–H and O–H groups in total. The lowest BCUT2D eigenvalue weighted by Gasteiger charge is -2.18. The predicted molar refractivity (Wildman–Crippen MR) is 109 cm³/mol. The largest absolute Gasteiger partial charge is 0.324 e. The van der Waals surface area contributed by atoms with E-state index in [0.717, 1.165) is 17.5 Å². The molecule has 0 saturated carbocycles. The highest BCUT2D eigenvalue weighted by Crippen LogP contribution is 2.35. The van der Waals surface area contributed by atoms with E-state index >= 15 is 0 Å². The van der Waals surface area contributed by atoms with Crippen LogP contribution in [0.2, 0.25) is 0 Å². The molecule has 28 heavy (non-hydrogen) atoms. The minimum Gasteiger partial charge on any atom is -0.324 e. The van der Waals surface area contributed by atoms with Crippen LogP contribution in [0.15, 0.2) is 54.1 Å². The summed E-state index contributed by atoms with van der Waals surface area (Å²) in [6.45, 7) is 4.74. The monoisotopic (exact) mass is 398 g/mol. The molecule has 2 amide bonds. The number of hydrogen-bond acceptors (Lipinski definition) is 4. The molecule has 0 fully saturated rings. The highest BCUT2D eigenvalue weighted by molar-refractivity contribution is 7.99. The number of nitrogens with one attached hydrogen (secondary N) is 1. The minimum atomic E-state index is -4.09. The zero-order valence-corrected chi connectivity index (χ0v) is 16.8. The summed E-state index contributed by atoms with van der Waals surface area (Å²) in [5, 5.41) is 2.77. The Bertz CT molecular complexity index is 1070. The molecule has 0 unspecified atom stereocenters. The van der Waals surface area contributed by atoms with Gasteiger partial charge in [-0.3, -0.25) is 9.59 Å². The SMILES string of the molecule is CCc1cccc(C)c1NC(=O)CN1C(=O)C(C)=C(c2ccccc2)S1(=O)=O. The van der Waals surface area contributed by atoms with Gasteiger partial charge in [0.2, 0.25) is 5.91 Å². The summed E-state index contributed by atoms with van der Waals surface area (Å²) in [6.07, 6.45) is 0.719. The van der Waals surface area contributed by atoms with Gasteiger partial charge in [0.15, 0.2) is 0 Å². The van der Waals surface area contributed by atoms with Crippen molar-refractivity contribution in [3.63, 3.8) is 0 Å². The van der Waals surface area contributed by atoms with Gasteiger partial charge < -0.3 is 5.32 Å². The quantitative estimate of drug-likeness (QED) is 0.839. The Morgan fingerprint density at radius 3 is 2.36 bits per heavy atom. The first-order valence-corrected chi connectivity index (χ1v) is 10.4. The molecule has 0 atom stereocenters. The average Bonchev–Trinajstić information content (AvgIpc) is 2.83. The second kappa shape index (κ2) is 7.59. The van der Waals surface area contributed by atoms with E-state index in [4.69, 9.17) is 0 Å². The maximum Gasteiger partial charge on any atom is 0.268 e. The molecule has 6 nitrogen and oxygen atoms in total. The van der Waals surface area contributed by atoms with E-state index in [9.17, 15) is 18.0 Å². The molecule has 2 aromatic rings. The molecule has 0 aliphatic carbocycles.